The molecule has 2 heterocycles. The first-order valence-corrected chi connectivity index (χ1v) is 9.42. The van der Waals surface area contributed by atoms with E-state index in [4.69, 9.17) is 0 Å². The first-order chi connectivity index (χ1) is 11.6. The van der Waals surface area contributed by atoms with Crippen molar-refractivity contribution in [2.75, 3.05) is 24.6 Å². The van der Waals surface area contributed by atoms with E-state index < -0.39 is 6.10 Å². The SMILES string of the molecule is O=C(NC1CCC(C(=O)N2CCSCC2)CC1O)c1cnccn1. The van der Waals surface area contributed by atoms with Crippen LogP contribution in [0.15, 0.2) is 18.6 Å². The molecule has 0 bridgehead atoms. The zero-order chi connectivity index (χ0) is 16.9. The molecule has 2 fully saturated rings. The minimum Gasteiger partial charge on any atom is -0.391 e. The minimum atomic E-state index is -0.715. The first kappa shape index (κ1) is 17.2. The molecule has 130 valence electrons. The number of hydrogen-bond donors (Lipinski definition) is 2. The van der Waals surface area contributed by atoms with Crippen LogP contribution in [-0.2, 0) is 4.79 Å². The lowest BCUT2D eigenvalue weighted by molar-refractivity contribution is -0.137. The third kappa shape index (κ3) is 4.05. The maximum atomic E-state index is 12.5. The molecule has 24 heavy (non-hydrogen) atoms. The number of aromatic nitrogens is 2. The number of thioether (sulfide) groups is 1. The summed E-state index contributed by atoms with van der Waals surface area (Å²) in [6, 6.07) is -0.347. The van der Waals surface area contributed by atoms with Crippen molar-refractivity contribution < 1.29 is 14.7 Å². The van der Waals surface area contributed by atoms with Crippen molar-refractivity contribution in [3.05, 3.63) is 24.3 Å². The van der Waals surface area contributed by atoms with Crippen LogP contribution in [0.1, 0.15) is 29.8 Å². The fourth-order valence-electron chi connectivity index (χ4n) is 3.24. The van der Waals surface area contributed by atoms with Crippen molar-refractivity contribution in [1.29, 1.82) is 0 Å². The molecule has 1 saturated heterocycles. The Bertz CT molecular complexity index is 580. The van der Waals surface area contributed by atoms with E-state index in [1.807, 2.05) is 16.7 Å². The number of rotatable bonds is 3. The summed E-state index contributed by atoms with van der Waals surface area (Å²) in [6.45, 7) is 1.59. The van der Waals surface area contributed by atoms with Crippen molar-refractivity contribution >= 4 is 23.6 Å². The number of nitrogens with zero attached hydrogens (tertiary/aromatic N) is 3. The number of nitrogens with one attached hydrogen (secondary N) is 1. The molecular formula is C16H22N4O3S. The lowest BCUT2D eigenvalue weighted by atomic mass is 9.83. The van der Waals surface area contributed by atoms with Crippen LogP contribution in [0.4, 0.5) is 0 Å². The molecule has 1 aliphatic heterocycles. The smallest absolute Gasteiger partial charge is 0.271 e. The van der Waals surface area contributed by atoms with Gasteiger partial charge in [-0.2, -0.15) is 11.8 Å². The van der Waals surface area contributed by atoms with Crippen molar-refractivity contribution in [3.8, 4) is 0 Å². The second kappa shape index (κ2) is 7.94. The lowest BCUT2D eigenvalue weighted by Crippen LogP contribution is -2.50. The number of amides is 2. The van der Waals surface area contributed by atoms with Gasteiger partial charge < -0.3 is 15.3 Å². The van der Waals surface area contributed by atoms with Gasteiger partial charge in [0.2, 0.25) is 5.91 Å². The number of aliphatic hydroxyl groups excluding tert-OH is 1. The Kier molecular flexibility index (Phi) is 5.68. The van der Waals surface area contributed by atoms with E-state index in [1.54, 1.807) is 0 Å². The van der Waals surface area contributed by atoms with E-state index in [1.165, 1.54) is 18.6 Å². The summed E-state index contributed by atoms with van der Waals surface area (Å²) in [5, 5.41) is 13.2. The Balaban J connectivity index is 1.53. The zero-order valence-corrected chi connectivity index (χ0v) is 14.2. The molecule has 2 N–H and O–H groups in total. The van der Waals surface area contributed by atoms with Gasteiger partial charge in [-0.05, 0) is 19.3 Å². The third-order valence-electron chi connectivity index (χ3n) is 4.60. The van der Waals surface area contributed by atoms with Gasteiger partial charge in [-0.25, -0.2) is 4.98 Å². The quantitative estimate of drug-likeness (QED) is 0.815. The van der Waals surface area contributed by atoms with E-state index in [2.05, 4.69) is 15.3 Å². The summed E-state index contributed by atoms with van der Waals surface area (Å²) >= 11 is 1.87. The van der Waals surface area contributed by atoms with Crippen LogP contribution in [0.5, 0.6) is 0 Å². The van der Waals surface area contributed by atoms with E-state index in [0.717, 1.165) is 24.6 Å². The molecule has 7 nitrogen and oxygen atoms in total. The topological polar surface area (TPSA) is 95.4 Å². The molecule has 2 amide bonds. The molecular weight excluding hydrogens is 328 g/mol. The van der Waals surface area contributed by atoms with Crippen LogP contribution >= 0.6 is 11.8 Å². The van der Waals surface area contributed by atoms with E-state index in [-0.39, 0.29) is 29.5 Å². The largest absolute Gasteiger partial charge is 0.391 e. The van der Waals surface area contributed by atoms with Crippen LogP contribution in [0.25, 0.3) is 0 Å². The Morgan fingerprint density at radius 2 is 2.04 bits per heavy atom. The lowest BCUT2D eigenvalue weighted by Gasteiger charge is -2.36. The molecule has 3 rings (SSSR count). The van der Waals surface area contributed by atoms with Crippen LogP contribution in [0.2, 0.25) is 0 Å². The van der Waals surface area contributed by atoms with Gasteiger partial charge in [0.1, 0.15) is 5.69 Å². The van der Waals surface area contributed by atoms with Gasteiger partial charge in [-0.3, -0.25) is 14.6 Å². The summed E-state index contributed by atoms with van der Waals surface area (Å²) in [5.74, 6) is 1.63. The molecule has 1 aromatic rings. The predicted octanol–water partition coefficient (Wildman–Crippen LogP) is 0.311. The average Bonchev–Trinajstić information content (AvgIpc) is 2.64. The Morgan fingerprint density at radius 1 is 1.25 bits per heavy atom. The molecule has 2 aliphatic rings. The Morgan fingerprint density at radius 3 is 2.71 bits per heavy atom. The fourth-order valence-corrected chi connectivity index (χ4v) is 4.14. The van der Waals surface area contributed by atoms with Gasteiger partial charge in [0, 0.05) is 42.9 Å². The summed E-state index contributed by atoms with van der Waals surface area (Å²) in [6.07, 6.45) is 5.31. The second-order valence-corrected chi connectivity index (χ2v) is 7.41. The Labute approximate surface area is 145 Å². The van der Waals surface area contributed by atoms with E-state index in [0.29, 0.717) is 19.3 Å². The number of hydrogen-bond acceptors (Lipinski definition) is 6. The molecule has 3 atom stereocenters. The molecule has 0 spiro atoms. The maximum absolute atomic E-state index is 12.5. The summed E-state index contributed by atoms with van der Waals surface area (Å²) in [7, 11) is 0. The first-order valence-electron chi connectivity index (χ1n) is 8.26. The van der Waals surface area contributed by atoms with Crippen LogP contribution in [0, 0.1) is 5.92 Å². The second-order valence-electron chi connectivity index (χ2n) is 6.19. The van der Waals surface area contributed by atoms with Gasteiger partial charge in [0.05, 0.1) is 18.3 Å². The van der Waals surface area contributed by atoms with Gasteiger partial charge in [-0.1, -0.05) is 0 Å². The number of carbonyl (C=O) groups excluding carboxylic acids is 2. The van der Waals surface area contributed by atoms with Gasteiger partial charge in [0.15, 0.2) is 0 Å². The highest BCUT2D eigenvalue weighted by molar-refractivity contribution is 7.99. The van der Waals surface area contributed by atoms with Crippen LogP contribution < -0.4 is 5.32 Å². The molecule has 8 heteroatoms. The van der Waals surface area contributed by atoms with Crippen LogP contribution in [-0.4, -0.2) is 68.5 Å². The highest BCUT2D eigenvalue weighted by Gasteiger charge is 2.35. The van der Waals surface area contributed by atoms with Crippen molar-refractivity contribution in [2.45, 2.75) is 31.4 Å². The Hall–Kier alpha value is -1.67. The van der Waals surface area contributed by atoms with Crippen molar-refractivity contribution in [3.63, 3.8) is 0 Å². The predicted molar refractivity (Wildman–Crippen MR) is 90.5 cm³/mol. The molecule has 1 aromatic heterocycles. The zero-order valence-electron chi connectivity index (χ0n) is 13.4. The minimum absolute atomic E-state index is 0.146. The normalized spacial score (nSPS) is 27.5. The summed E-state index contributed by atoms with van der Waals surface area (Å²) in [4.78, 5) is 34.4. The van der Waals surface area contributed by atoms with Crippen LogP contribution in [0.3, 0.4) is 0 Å². The monoisotopic (exact) mass is 350 g/mol. The molecule has 0 radical (unpaired) electrons. The van der Waals surface area contributed by atoms with E-state index >= 15 is 0 Å². The molecule has 3 unspecified atom stereocenters. The third-order valence-corrected chi connectivity index (χ3v) is 5.54. The summed E-state index contributed by atoms with van der Waals surface area (Å²) in [5.41, 5.74) is 0.230. The van der Waals surface area contributed by atoms with E-state index in [9.17, 15) is 14.7 Å². The van der Waals surface area contributed by atoms with Gasteiger partial charge in [-0.15, -0.1) is 0 Å². The number of carbonyl (C=O) groups is 2. The highest BCUT2D eigenvalue weighted by Crippen LogP contribution is 2.27. The fraction of sp³-hybridized carbons (Fsp3) is 0.625. The standard InChI is InChI=1S/C16H22N4O3S/c21-14-9-11(16(23)20-5-7-24-8-6-20)1-2-12(14)19-15(22)13-10-17-3-4-18-13/h3-4,10-12,14,21H,1-2,5-9H2,(H,19,22). The van der Waals surface area contributed by atoms with Gasteiger partial charge in [0.25, 0.3) is 5.91 Å². The molecule has 1 saturated carbocycles. The van der Waals surface area contributed by atoms with Gasteiger partial charge >= 0.3 is 0 Å². The molecule has 0 aromatic carbocycles. The average molecular weight is 350 g/mol. The number of aliphatic hydroxyl groups is 1. The maximum Gasteiger partial charge on any atom is 0.271 e. The highest BCUT2D eigenvalue weighted by atomic mass is 32.2. The van der Waals surface area contributed by atoms with Crippen molar-refractivity contribution in [1.82, 2.24) is 20.2 Å². The molecule has 1 aliphatic carbocycles. The van der Waals surface area contributed by atoms with Crippen molar-refractivity contribution in [2.24, 2.45) is 5.92 Å². The summed E-state index contributed by atoms with van der Waals surface area (Å²) < 4.78 is 0.